The predicted molar refractivity (Wildman–Crippen MR) is 57.5 cm³/mol. The highest BCUT2D eigenvalue weighted by molar-refractivity contribution is 9.10. The number of benzene rings is 1. The molecule has 0 amide bonds. The Hall–Kier alpha value is -0.450. The predicted octanol–water partition coefficient (Wildman–Crippen LogP) is 2.06. The largest absolute Gasteiger partial charge is 0.395 e. The monoisotopic (exact) mass is 261 g/mol. The van der Waals surface area contributed by atoms with Crippen molar-refractivity contribution in [2.24, 2.45) is 0 Å². The minimum absolute atomic E-state index is 0.0250. The highest BCUT2D eigenvalue weighted by atomic mass is 79.9. The quantitative estimate of drug-likeness (QED) is 0.870. The number of nitrogens with one attached hydrogen (secondary N) is 1. The van der Waals surface area contributed by atoms with Crippen LogP contribution in [0, 0.1) is 5.82 Å². The normalized spacial score (nSPS) is 12.9. The zero-order valence-corrected chi connectivity index (χ0v) is 9.51. The molecule has 0 aliphatic rings. The Morgan fingerprint density at radius 1 is 1.50 bits per heavy atom. The molecule has 78 valence electrons. The van der Waals surface area contributed by atoms with Gasteiger partial charge < -0.3 is 10.4 Å². The Kier molecular flexibility index (Phi) is 4.51. The van der Waals surface area contributed by atoms with Crippen molar-refractivity contribution in [1.82, 2.24) is 5.32 Å². The summed E-state index contributed by atoms with van der Waals surface area (Å²) in [4.78, 5) is 0. The number of rotatable bonds is 4. The van der Waals surface area contributed by atoms with Crippen LogP contribution < -0.4 is 5.32 Å². The van der Waals surface area contributed by atoms with Crippen LogP contribution in [-0.2, 0) is 6.54 Å². The first-order chi connectivity index (χ1) is 6.61. The van der Waals surface area contributed by atoms with Gasteiger partial charge in [0.25, 0.3) is 0 Å². The number of aliphatic hydroxyl groups excluding tert-OH is 1. The second-order valence-corrected chi connectivity index (χ2v) is 4.16. The van der Waals surface area contributed by atoms with E-state index in [1.54, 1.807) is 0 Å². The van der Waals surface area contributed by atoms with Crippen molar-refractivity contribution in [1.29, 1.82) is 0 Å². The molecule has 0 saturated carbocycles. The van der Waals surface area contributed by atoms with Gasteiger partial charge in [-0.3, -0.25) is 0 Å². The van der Waals surface area contributed by atoms with Gasteiger partial charge in [-0.2, -0.15) is 0 Å². The topological polar surface area (TPSA) is 32.3 Å². The minimum Gasteiger partial charge on any atom is -0.395 e. The molecule has 0 fully saturated rings. The third-order valence-electron chi connectivity index (χ3n) is 1.85. The highest BCUT2D eigenvalue weighted by Crippen LogP contribution is 2.14. The van der Waals surface area contributed by atoms with Crippen LogP contribution in [0.2, 0.25) is 0 Å². The van der Waals surface area contributed by atoms with E-state index < -0.39 is 0 Å². The molecule has 0 spiro atoms. The second kappa shape index (κ2) is 5.44. The van der Waals surface area contributed by atoms with Crippen molar-refractivity contribution in [3.8, 4) is 0 Å². The molecule has 1 aromatic rings. The molecule has 0 saturated heterocycles. The van der Waals surface area contributed by atoms with E-state index in [1.807, 2.05) is 13.0 Å². The van der Waals surface area contributed by atoms with E-state index in [0.29, 0.717) is 6.54 Å². The number of hydrogen-bond acceptors (Lipinski definition) is 2. The summed E-state index contributed by atoms with van der Waals surface area (Å²) in [7, 11) is 0. The van der Waals surface area contributed by atoms with Crippen molar-refractivity contribution in [3.63, 3.8) is 0 Å². The first-order valence-electron chi connectivity index (χ1n) is 4.41. The molecule has 0 aliphatic carbocycles. The lowest BCUT2D eigenvalue weighted by Crippen LogP contribution is -2.28. The SMILES string of the molecule is CC(CO)NCc1cc(F)cc(Br)c1. The van der Waals surface area contributed by atoms with Crippen molar-refractivity contribution >= 4 is 15.9 Å². The van der Waals surface area contributed by atoms with Crippen LogP contribution in [-0.4, -0.2) is 17.8 Å². The maximum Gasteiger partial charge on any atom is 0.124 e. The van der Waals surface area contributed by atoms with Crippen LogP contribution in [0.25, 0.3) is 0 Å². The Labute approximate surface area is 91.3 Å². The van der Waals surface area contributed by atoms with Gasteiger partial charge in [0.1, 0.15) is 5.82 Å². The smallest absolute Gasteiger partial charge is 0.124 e. The Morgan fingerprint density at radius 2 is 2.21 bits per heavy atom. The highest BCUT2D eigenvalue weighted by Gasteiger charge is 2.01. The summed E-state index contributed by atoms with van der Waals surface area (Å²) in [5.41, 5.74) is 0.858. The minimum atomic E-state index is -0.257. The van der Waals surface area contributed by atoms with Crippen LogP contribution in [0.4, 0.5) is 4.39 Å². The molecule has 4 heteroatoms. The lowest BCUT2D eigenvalue weighted by molar-refractivity contribution is 0.251. The molecule has 0 aromatic heterocycles. The van der Waals surface area contributed by atoms with Gasteiger partial charge in [0.05, 0.1) is 6.61 Å². The van der Waals surface area contributed by atoms with Crippen LogP contribution >= 0.6 is 15.9 Å². The Bertz CT molecular complexity index is 286. The summed E-state index contributed by atoms with van der Waals surface area (Å²) in [6.07, 6.45) is 0. The lowest BCUT2D eigenvalue weighted by atomic mass is 10.2. The van der Waals surface area contributed by atoms with E-state index in [9.17, 15) is 4.39 Å². The van der Waals surface area contributed by atoms with E-state index in [4.69, 9.17) is 5.11 Å². The molecule has 1 unspecified atom stereocenters. The van der Waals surface area contributed by atoms with Gasteiger partial charge in [0.2, 0.25) is 0 Å². The van der Waals surface area contributed by atoms with Crippen molar-refractivity contribution in [2.75, 3.05) is 6.61 Å². The first-order valence-corrected chi connectivity index (χ1v) is 5.20. The van der Waals surface area contributed by atoms with Crippen LogP contribution in [0.1, 0.15) is 12.5 Å². The fourth-order valence-electron chi connectivity index (χ4n) is 1.07. The summed E-state index contributed by atoms with van der Waals surface area (Å²) in [5.74, 6) is -0.257. The van der Waals surface area contributed by atoms with Gasteiger partial charge in [-0.1, -0.05) is 15.9 Å². The molecule has 0 aliphatic heterocycles. The van der Waals surface area contributed by atoms with Crippen LogP contribution in [0.15, 0.2) is 22.7 Å². The standard InChI is InChI=1S/C10H13BrFNO/c1-7(6-14)13-5-8-2-9(11)4-10(12)3-8/h2-4,7,13-14H,5-6H2,1H3. The molecular weight excluding hydrogens is 249 g/mol. The Balaban J connectivity index is 2.58. The summed E-state index contributed by atoms with van der Waals surface area (Å²) in [6.45, 7) is 2.50. The molecule has 2 nitrogen and oxygen atoms in total. The van der Waals surface area contributed by atoms with E-state index in [0.717, 1.165) is 10.0 Å². The van der Waals surface area contributed by atoms with Gasteiger partial charge in [-0.25, -0.2) is 4.39 Å². The third kappa shape index (κ3) is 3.74. The molecule has 0 heterocycles. The Morgan fingerprint density at radius 3 is 2.79 bits per heavy atom. The van der Waals surface area contributed by atoms with Crippen molar-refractivity contribution in [3.05, 3.63) is 34.1 Å². The van der Waals surface area contributed by atoms with Crippen LogP contribution in [0.3, 0.4) is 0 Å². The van der Waals surface area contributed by atoms with Crippen molar-refractivity contribution in [2.45, 2.75) is 19.5 Å². The van der Waals surface area contributed by atoms with Crippen LogP contribution in [0.5, 0.6) is 0 Å². The summed E-state index contributed by atoms with van der Waals surface area (Å²) < 4.78 is 13.7. The number of halogens is 2. The third-order valence-corrected chi connectivity index (χ3v) is 2.31. The van der Waals surface area contributed by atoms with E-state index in [2.05, 4.69) is 21.2 Å². The molecule has 0 radical (unpaired) electrons. The average molecular weight is 262 g/mol. The molecule has 2 N–H and O–H groups in total. The van der Waals surface area contributed by atoms with E-state index >= 15 is 0 Å². The van der Waals surface area contributed by atoms with E-state index in [-0.39, 0.29) is 18.5 Å². The fraction of sp³-hybridized carbons (Fsp3) is 0.400. The van der Waals surface area contributed by atoms with Gasteiger partial charge in [0, 0.05) is 17.1 Å². The van der Waals surface area contributed by atoms with Gasteiger partial charge in [-0.05, 0) is 30.7 Å². The second-order valence-electron chi connectivity index (χ2n) is 3.24. The molecule has 14 heavy (non-hydrogen) atoms. The molecule has 1 rings (SSSR count). The molecule has 1 aromatic carbocycles. The number of hydrogen-bond donors (Lipinski definition) is 2. The van der Waals surface area contributed by atoms with Gasteiger partial charge in [-0.15, -0.1) is 0 Å². The zero-order valence-electron chi connectivity index (χ0n) is 7.93. The molecular formula is C10H13BrFNO. The lowest BCUT2D eigenvalue weighted by Gasteiger charge is -2.10. The number of aliphatic hydroxyl groups is 1. The maximum absolute atomic E-state index is 12.9. The van der Waals surface area contributed by atoms with Gasteiger partial charge in [0.15, 0.2) is 0 Å². The summed E-state index contributed by atoms with van der Waals surface area (Å²) in [5, 5.41) is 11.8. The average Bonchev–Trinajstić information content (AvgIpc) is 2.12. The summed E-state index contributed by atoms with van der Waals surface area (Å²) in [6, 6.07) is 4.76. The fourth-order valence-corrected chi connectivity index (χ4v) is 1.58. The van der Waals surface area contributed by atoms with E-state index in [1.165, 1.54) is 12.1 Å². The molecule has 1 atom stereocenters. The zero-order chi connectivity index (χ0) is 10.6. The first kappa shape index (κ1) is 11.6. The maximum atomic E-state index is 12.9. The molecule has 0 bridgehead atoms. The summed E-state index contributed by atoms with van der Waals surface area (Å²) >= 11 is 3.22. The van der Waals surface area contributed by atoms with Crippen molar-refractivity contribution < 1.29 is 9.50 Å². The van der Waals surface area contributed by atoms with Gasteiger partial charge >= 0.3 is 0 Å².